The van der Waals surface area contributed by atoms with Crippen LogP contribution in [-0.4, -0.2) is 25.3 Å². The second-order valence-corrected chi connectivity index (χ2v) is 4.46. The third-order valence-electron chi connectivity index (χ3n) is 2.36. The average Bonchev–Trinajstić information content (AvgIpc) is 2.74. The first-order valence-electron chi connectivity index (χ1n) is 4.99. The van der Waals surface area contributed by atoms with Gasteiger partial charge in [-0.1, -0.05) is 15.9 Å². The minimum atomic E-state index is -0.189. The highest BCUT2D eigenvalue weighted by atomic mass is 79.9. The maximum atomic E-state index is 11.9. The number of benzene rings is 1. The number of halogens is 1. The van der Waals surface area contributed by atoms with Crippen molar-refractivity contribution in [3.05, 3.63) is 28.2 Å². The quantitative estimate of drug-likeness (QED) is 0.587. The molecule has 0 aliphatic carbocycles. The number of hydrogen-bond donors (Lipinski definition) is 4. The van der Waals surface area contributed by atoms with Crippen LogP contribution in [0.3, 0.4) is 0 Å². The van der Waals surface area contributed by atoms with E-state index in [4.69, 9.17) is 5.73 Å². The van der Waals surface area contributed by atoms with E-state index < -0.39 is 0 Å². The predicted molar refractivity (Wildman–Crippen MR) is 65.8 cm³/mol. The molecule has 0 atom stereocenters. The average molecular weight is 285 g/mol. The topological polar surface area (TPSA) is 79.2 Å². The monoisotopic (exact) mass is 284 g/mol. The highest BCUT2D eigenvalue weighted by molar-refractivity contribution is 9.10. The Balaban J connectivity index is 2.10. The van der Waals surface area contributed by atoms with E-state index in [1.165, 1.54) is 0 Å². The van der Waals surface area contributed by atoms with E-state index in [0.717, 1.165) is 17.6 Å². The number of carbonyl (C=O) groups is 1. The summed E-state index contributed by atoms with van der Waals surface area (Å²) in [6, 6.07) is 5.21. The summed E-state index contributed by atoms with van der Waals surface area (Å²) in [7, 11) is 0. The molecule has 1 saturated heterocycles. The molecular formula is C10H13BrN4O. The molecule has 1 aliphatic rings. The second-order valence-electron chi connectivity index (χ2n) is 3.55. The van der Waals surface area contributed by atoms with Gasteiger partial charge in [-0.05, 0) is 18.2 Å². The predicted octanol–water partition coefficient (Wildman–Crippen LogP) is 0.237. The maximum Gasteiger partial charge on any atom is 0.255 e. The van der Waals surface area contributed by atoms with Crippen LogP contribution in [0.25, 0.3) is 0 Å². The van der Waals surface area contributed by atoms with Gasteiger partial charge < -0.3 is 11.1 Å². The number of carbonyl (C=O) groups excluding carboxylic acids is 1. The maximum absolute atomic E-state index is 11.9. The van der Waals surface area contributed by atoms with Crippen molar-refractivity contribution in [3.63, 3.8) is 0 Å². The van der Waals surface area contributed by atoms with Crippen molar-refractivity contribution in [1.82, 2.24) is 16.0 Å². The molecule has 0 saturated carbocycles. The molecule has 86 valence electrons. The van der Waals surface area contributed by atoms with Gasteiger partial charge >= 0.3 is 0 Å². The number of nitrogen functional groups attached to an aromatic ring is 1. The van der Waals surface area contributed by atoms with Crippen LogP contribution in [0.15, 0.2) is 22.7 Å². The summed E-state index contributed by atoms with van der Waals surface area (Å²) < 4.78 is 0.833. The summed E-state index contributed by atoms with van der Waals surface area (Å²) in [4.78, 5) is 11.9. The molecule has 0 unspecified atom stereocenters. The van der Waals surface area contributed by atoms with Crippen molar-refractivity contribution in [3.8, 4) is 0 Å². The van der Waals surface area contributed by atoms with Gasteiger partial charge in [0.1, 0.15) is 6.29 Å². The van der Waals surface area contributed by atoms with Crippen LogP contribution in [0.5, 0.6) is 0 Å². The molecule has 6 heteroatoms. The lowest BCUT2D eigenvalue weighted by atomic mass is 10.1. The van der Waals surface area contributed by atoms with Crippen molar-refractivity contribution in [2.75, 3.05) is 18.8 Å². The van der Waals surface area contributed by atoms with Gasteiger partial charge in [-0.15, -0.1) is 0 Å². The highest BCUT2D eigenvalue weighted by Crippen LogP contribution is 2.18. The highest BCUT2D eigenvalue weighted by Gasteiger charge is 2.17. The minimum Gasteiger partial charge on any atom is -0.398 e. The molecule has 5 N–H and O–H groups in total. The summed E-state index contributed by atoms with van der Waals surface area (Å²) in [5.41, 5.74) is 6.69. The molecule has 1 amide bonds. The molecule has 1 aliphatic heterocycles. The Bertz CT molecular complexity index is 404. The number of nitrogens with two attached hydrogens (primary N) is 1. The number of amides is 1. The minimum absolute atomic E-state index is 0.175. The SMILES string of the molecule is Nc1ccc(Br)cc1C(=O)NC1NCCN1. The zero-order valence-electron chi connectivity index (χ0n) is 8.59. The van der Waals surface area contributed by atoms with Gasteiger partial charge in [0.05, 0.1) is 5.56 Å². The van der Waals surface area contributed by atoms with E-state index in [1.807, 2.05) is 0 Å². The van der Waals surface area contributed by atoms with Gasteiger partial charge in [-0.2, -0.15) is 0 Å². The lowest BCUT2D eigenvalue weighted by Crippen LogP contribution is -2.48. The van der Waals surface area contributed by atoms with Crippen LogP contribution in [0.1, 0.15) is 10.4 Å². The van der Waals surface area contributed by atoms with Gasteiger partial charge in [-0.3, -0.25) is 15.4 Å². The fourth-order valence-electron chi connectivity index (χ4n) is 1.54. The molecule has 1 aromatic rings. The second kappa shape index (κ2) is 4.82. The Labute approximate surface area is 102 Å². The molecule has 16 heavy (non-hydrogen) atoms. The first-order valence-corrected chi connectivity index (χ1v) is 5.79. The van der Waals surface area contributed by atoms with Crippen LogP contribution < -0.4 is 21.7 Å². The zero-order valence-corrected chi connectivity index (χ0v) is 10.2. The van der Waals surface area contributed by atoms with Crippen molar-refractivity contribution in [2.24, 2.45) is 0 Å². The van der Waals surface area contributed by atoms with Gasteiger partial charge in [0, 0.05) is 23.2 Å². The standard InChI is InChI=1S/C10H13BrN4O/c11-6-1-2-8(12)7(5-6)9(16)15-10-13-3-4-14-10/h1-2,5,10,13-14H,3-4,12H2,(H,15,16). The Morgan fingerprint density at radius 1 is 1.44 bits per heavy atom. The lowest BCUT2D eigenvalue weighted by Gasteiger charge is -2.14. The summed E-state index contributed by atoms with van der Waals surface area (Å²) in [6.07, 6.45) is -0.175. The molecule has 2 rings (SSSR count). The van der Waals surface area contributed by atoms with Crippen molar-refractivity contribution < 1.29 is 4.79 Å². The van der Waals surface area contributed by atoms with E-state index in [2.05, 4.69) is 31.9 Å². The Morgan fingerprint density at radius 2 is 2.12 bits per heavy atom. The molecule has 5 nitrogen and oxygen atoms in total. The molecule has 0 radical (unpaired) electrons. The van der Waals surface area contributed by atoms with Gasteiger partial charge in [0.2, 0.25) is 0 Å². The van der Waals surface area contributed by atoms with E-state index >= 15 is 0 Å². The smallest absolute Gasteiger partial charge is 0.255 e. The van der Waals surface area contributed by atoms with E-state index in [-0.39, 0.29) is 12.2 Å². The number of hydrogen-bond acceptors (Lipinski definition) is 4. The van der Waals surface area contributed by atoms with E-state index in [1.54, 1.807) is 18.2 Å². The van der Waals surface area contributed by atoms with Crippen molar-refractivity contribution in [2.45, 2.75) is 6.29 Å². The zero-order chi connectivity index (χ0) is 11.5. The van der Waals surface area contributed by atoms with Crippen LogP contribution in [0, 0.1) is 0 Å². The summed E-state index contributed by atoms with van der Waals surface area (Å²) in [5, 5.41) is 8.99. The van der Waals surface area contributed by atoms with Crippen LogP contribution in [0.4, 0.5) is 5.69 Å². The molecule has 0 aromatic heterocycles. The van der Waals surface area contributed by atoms with Crippen molar-refractivity contribution >= 4 is 27.5 Å². The molecule has 0 bridgehead atoms. The largest absolute Gasteiger partial charge is 0.398 e. The third-order valence-corrected chi connectivity index (χ3v) is 2.85. The van der Waals surface area contributed by atoms with Crippen molar-refractivity contribution in [1.29, 1.82) is 0 Å². The molecule has 0 spiro atoms. The Morgan fingerprint density at radius 3 is 2.81 bits per heavy atom. The number of anilines is 1. The first kappa shape index (κ1) is 11.4. The fraction of sp³-hybridized carbons (Fsp3) is 0.300. The molecule has 1 fully saturated rings. The van der Waals surface area contributed by atoms with Gasteiger partial charge in [0.25, 0.3) is 5.91 Å². The summed E-state index contributed by atoms with van der Waals surface area (Å²) >= 11 is 3.31. The lowest BCUT2D eigenvalue weighted by molar-refractivity contribution is 0.0930. The first-order chi connectivity index (χ1) is 7.66. The normalized spacial score (nSPS) is 16.3. The Hall–Kier alpha value is -1.11. The van der Waals surface area contributed by atoms with Crippen LogP contribution in [-0.2, 0) is 0 Å². The van der Waals surface area contributed by atoms with Gasteiger partial charge in [-0.25, -0.2) is 0 Å². The summed E-state index contributed by atoms with van der Waals surface area (Å²) in [5.74, 6) is -0.189. The van der Waals surface area contributed by atoms with Crippen LogP contribution >= 0.6 is 15.9 Å². The van der Waals surface area contributed by atoms with Gasteiger partial charge in [0.15, 0.2) is 0 Å². The Kier molecular flexibility index (Phi) is 3.42. The molecular weight excluding hydrogens is 272 g/mol. The number of rotatable bonds is 2. The third kappa shape index (κ3) is 2.52. The van der Waals surface area contributed by atoms with E-state index in [0.29, 0.717) is 11.3 Å². The van der Waals surface area contributed by atoms with E-state index in [9.17, 15) is 4.79 Å². The molecule has 1 aromatic carbocycles. The van der Waals surface area contributed by atoms with Crippen LogP contribution in [0.2, 0.25) is 0 Å². The number of nitrogens with one attached hydrogen (secondary N) is 3. The fourth-order valence-corrected chi connectivity index (χ4v) is 1.90. The molecule has 1 heterocycles. The summed E-state index contributed by atoms with van der Waals surface area (Å²) in [6.45, 7) is 1.69.